The van der Waals surface area contributed by atoms with Crippen LogP contribution in [0.3, 0.4) is 0 Å². The van der Waals surface area contributed by atoms with Gasteiger partial charge in [0, 0.05) is 18.8 Å². The van der Waals surface area contributed by atoms with Crippen LogP contribution in [-0.4, -0.2) is 17.2 Å². The molecule has 0 aliphatic carbocycles. The second-order valence-electron chi connectivity index (χ2n) is 4.27. The molecule has 0 saturated carbocycles. The van der Waals surface area contributed by atoms with Gasteiger partial charge in [-0.3, -0.25) is 4.98 Å². The molecule has 0 aliphatic heterocycles. The molecule has 0 radical (unpaired) electrons. The van der Waals surface area contributed by atoms with Crippen molar-refractivity contribution in [3.63, 3.8) is 0 Å². The van der Waals surface area contributed by atoms with E-state index in [1.165, 1.54) is 0 Å². The van der Waals surface area contributed by atoms with E-state index in [0.29, 0.717) is 29.2 Å². The zero-order valence-corrected chi connectivity index (χ0v) is 10.2. The predicted octanol–water partition coefficient (Wildman–Crippen LogP) is 1.33. The van der Waals surface area contributed by atoms with Gasteiger partial charge in [0.2, 0.25) is 0 Å². The van der Waals surface area contributed by atoms with E-state index in [2.05, 4.69) is 10.1 Å². The quantitative estimate of drug-likeness (QED) is 0.736. The van der Waals surface area contributed by atoms with Crippen molar-refractivity contribution in [1.29, 1.82) is 0 Å². The Morgan fingerprint density at radius 2 is 2.26 bits per heavy atom. The van der Waals surface area contributed by atoms with Gasteiger partial charge < -0.3 is 19.6 Å². The van der Waals surface area contributed by atoms with Gasteiger partial charge in [-0.2, -0.15) is 0 Å². The van der Waals surface area contributed by atoms with Crippen LogP contribution in [0.25, 0.3) is 11.1 Å². The molecular formula is C12H12N4O3. The molecule has 0 bridgehead atoms. The monoisotopic (exact) mass is 260 g/mol. The van der Waals surface area contributed by atoms with Gasteiger partial charge in [0.25, 0.3) is 0 Å². The Morgan fingerprint density at radius 3 is 3.00 bits per heavy atom. The number of aromatic nitrogens is 2. The fraction of sp³-hybridized carbons (Fsp3) is 0.167. The number of hydrogen-bond donors (Lipinski definition) is 2. The Balaban J connectivity index is 1.88. The fourth-order valence-corrected chi connectivity index (χ4v) is 1.91. The highest BCUT2D eigenvalue weighted by Crippen LogP contribution is 2.21. The Bertz CT molecular complexity index is 770. The number of H-pyrrole nitrogens is 1. The lowest BCUT2D eigenvalue weighted by Crippen LogP contribution is -2.15. The highest BCUT2D eigenvalue weighted by Gasteiger charge is 2.09. The summed E-state index contributed by atoms with van der Waals surface area (Å²) in [6.07, 6.45) is 0. The molecule has 2 aromatic heterocycles. The van der Waals surface area contributed by atoms with Crippen LogP contribution in [0.2, 0.25) is 0 Å². The standard InChI is InChI=1S/C12H12N4O3/c1-16(6-8-5-11(13)15-19-8)7-2-3-10-9(4-7)14-12(17)18-10/h2-5H,6H2,1H3,(H2,13,15)(H,14,17). The normalized spacial score (nSPS) is 11.0. The minimum Gasteiger partial charge on any atom is -0.408 e. The summed E-state index contributed by atoms with van der Waals surface area (Å²) >= 11 is 0. The molecule has 3 N–H and O–H groups in total. The smallest absolute Gasteiger partial charge is 0.408 e. The number of nitrogens with zero attached hydrogens (tertiary/aromatic N) is 2. The third-order valence-electron chi connectivity index (χ3n) is 2.81. The van der Waals surface area contributed by atoms with Crippen LogP contribution in [-0.2, 0) is 6.54 Å². The van der Waals surface area contributed by atoms with Crippen molar-refractivity contribution in [1.82, 2.24) is 10.1 Å². The van der Waals surface area contributed by atoms with Crippen LogP contribution >= 0.6 is 0 Å². The number of aromatic amines is 1. The average molecular weight is 260 g/mol. The Kier molecular flexibility index (Phi) is 2.52. The minimum absolute atomic E-state index is 0.359. The molecule has 7 heteroatoms. The van der Waals surface area contributed by atoms with Crippen LogP contribution in [0.1, 0.15) is 5.76 Å². The van der Waals surface area contributed by atoms with Crippen molar-refractivity contribution >= 4 is 22.6 Å². The first-order chi connectivity index (χ1) is 9.11. The lowest BCUT2D eigenvalue weighted by Gasteiger charge is -2.17. The van der Waals surface area contributed by atoms with Crippen molar-refractivity contribution in [2.24, 2.45) is 0 Å². The van der Waals surface area contributed by atoms with Crippen molar-refractivity contribution in [2.45, 2.75) is 6.54 Å². The first-order valence-electron chi connectivity index (χ1n) is 5.67. The molecule has 1 aromatic carbocycles. The number of oxazole rings is 1. The molecular weight excluding hydrogens is 248 g/mol. The van der Waals surface area contributed by atoms with E-state index in [-0.39, 0.29) is 0 Å². The molecule has 0 atom stereocenters. The number of nitrogen functional groups attached to an aromatic ring is 1. The van der Waals surface area contributed by atoms with Crippen LogP contribution in [0, 0.1) is 0 Å². The average Bonchev–Trinajstić information content (AvgIpc) is 2.93. The van der Waals surface area contributed by atoms with Gasteiger partial charge in [0.15, 0.2) is 17.2 Å². The third-order valence-corrected chi connectivity index (χ3v) is 2.81. The molecule has 98 valence electrons. The van der Waals surface area contributed by atoms with E-state index in [9.17, 15) is 4.79 Å². The molecule has 19 heavy (non-hydrogen) atoms. The number of rotatable bonds is 3. The van der Waals surface area contributed by atoms with E-state index in [0.717, 1.165) is 5.69 Å². The zero-order chi connectivity index (χ0) is 13.4. The van der Waals surface area contributed by atoms with Crippen LogP contribution in [0.4, 0.5) is 11.5 Å². The van der Waals surface area contributed by atoms with Gasteiger partial charge in [0.1, 0.15) is 0 Å². The molecule has 0 unspecified atom stereocenters. The first kappa shape index (κ1) is 11.4. The summed E-state index contributed by atoms with van der Waals surface area (Å²) in [7, 11) is 1.90. The van der Waals surface area contributed by atoms with E-state index < -0.39 is 5.76 Å². The van der Waals surface area contributed by atoms with Gasteiger partial charge in [-0.25, -0.2) is 4.79 Å². The number of fused-ring (bicyclic) bond motifs is 1. The molecule has 0 aliphatic rings. The number of nitrogens with two attached hydrogens (primary N) is 1. The van der Waals surface area contributed by atoms with Crippen LogP contribution < -0.4 is 16.4 Å². The van der Waals surface area contributed by atoms with E-state index >= 15 is 0 Å². The predicted molar refractivity (Wildman–Crippen MR) is 69.9 cm³/mol. The maximum Gasteiger partial charge on any atom is 0.417 e. The Morgan fingerprint density at radius 1 is 1.42 bits per heavy atom. The lowest BCUT2D eigenvalue weighted by atomic mass is 10.2. The second-order valence-corrected chi connectivity index (χ2v) is 4.27. The van der Waals surface area contributed by atoms with Crippen LogP contribution in [0.15, 0.2) is 38.0 Å². The largest absolute Gasteiger partial charge is 0.417 e. The number of benzene rings is 1. The molecule has 2 heterocycles. The Labute approximate surface area is 107 Å². The molecule has 0 fully saturated rings. The maximum atomic E-state index is 11.1. The highest BCUT2D eigenvalue weighted by molar-refractivity contribution is 5.77. The Hall–Kier alpha value is -2.70. The molecule has 3 aromatic rings. The van der Waals surface area contributed by atoms with Gasteiger partial charge >= 0.3 is 5.76 Å². The SMILES string of the molecule is CN(Cc1cc(N)no1)c1ccc2oc(=O)[nH]c2c1. The van der Waals surface area contributed by atoms with Crippen molar-refractivity contribution in [2.75, 3.05) is 17.7 Å². The zero-order valence-electron chi connectivity index (χ0n) is 10.2. The summed E-state index contributed by atoms with van der Waals surface area (Å²) in [5.74, 6) is 0.566. The van der Waals surface area contributed by atoms with E-state index in [4.69, 9.17) is 14.7 Å². The van der Waals surface area contributed by atoms with Crippen molar-refractivity contribution in [3.8, 4) is 0 Å². The third kappa shape index (κ3) is 2.17. The van der Waals surface area contributed by atoms with Gasteiger partial charge in [0.05, 0.1) is 12.1 Å². The summed E-state index contributed by atoms with van der Waals surface area (Å²) in [5, 5.41) is 3.63. The number of hydrogen-bond acceptors (Lipinski definition) is 6. The number of anilines is 2. The molecule has 7 nitrogen and oxygen atoms in total. The van der Waals surface area contributed by atoms with Gasteiger partial charge in [-0.1, -0.05) is 5.16 Å². The fourth-order valence-electron chi connectivity index (χ4n) is 1.91. The van der Waals surface area contributed by atoms with Crippen molar-refractivity contribution < 1.29 is 8.94 Å². The highest BCUT2D eigenvalue weighted by atomic mass is 16.5. The molecule has 0 saturated heterocycles. The lowest BCUT2D eigenvalue weighted by molar-refractivity contribution is 0.385. The van der Waals surface area contributed by atoms with Crippen molar-refractivity contribution in [3.05, 3.63) is 40.6 Å². The minimum atomic E-state index is -0.460. The molecule has 0 spiro atoms. The topological polar surface area (TPSA) is 101 Å². The first-order valence-corrected chi connectivity index (χ1v) is 5.67. The second kappa shape index (κ2) is 4.20. The molecule has 0 amide bonds. The summed E-state index contributed by atoms with van der Waals surface area (Å²) in [5.41, 5.74) is 7.60. The van der Waals surface area contributed by atoms with E-state index in [1.807, 2.05) is 24.1 Å². The summed E-state index contributed by atoms with van der Waals surface area (Å²) in [6.45, 7) is 0.526. The van der Waals surface area contributed by atoms with E-state index in [1.54, 1.807) is 12.1 Å². The van der Waals surface area contributed by atoms with Gasteiger partial charge in [-0.15, -0.1) is 0 Å². The summed E-state index contributed by atoms with van der Waals surface area (Å²) in [6, 6.07) is 7.11. The summed E-state index contributed by atoms with van der Waals surface area (Å²) < 4.78 is 10.0. The van der Waals surface area contributed by atoms with Gasteiger partial charge in [-0.05, 0) is 18.2 Å². The summed E-state index contributed by atoms with van der Waals surface area (Å²) in [4.78, 5) is 15.7. The maximum absolute atomic E-state index is 11.1. The van der Waals surface area contributed by atoms with Crippen LogP contribution in [0.5, 0.6) is 0 Å². The molecule has 3 rings (SSSR count). The number of nitrogens with one attached hydrogen (secondary N) is 1.